The fraction of sp³-hybridized carbons (Fsp3) is 0.667. The normalized spacial score (nSPS) is 8.90. The smallest absolute Gasteiger partial charge is 0.306 e. The molecule has 0 fully saturated rings. The highest BCUT2D eigenvalue weighted by Gasteiger charge is 1.99. The highest BCUT2D eigenvalue weighted by Crippen LogP contribution is 1.88. The van der Waals surface area contributed by atoms with Crippen LogP contribution in [0.2, 0.25) is 0 Å². The molecule has 10 heavy (non-hydrogen) atoms. The number of rotatable bonds is 5. The molecule has 0 aliphatic rings. The predicted molar refractivity (Wildman–Crippen MR) is 35.3 cm³/mol. The molecular formula is C6H11NO3. The molecule has 0 amide bonds. The van der Waals surface area contributed by atoms with Crippen molar-refractivity contribution in [3.8, 4) is 0 Å². The van der Waals surface area contributed by atoms with E-state index < -0.39 is 0 Å². The maximum atomic E-state index is 10.5. The van der Waals surface area contributed by atoms with Gasteiger partial charge in [-0.15, -0.1) is 0 Å². The predicted octanol–water partition coefficient (Wildman–Crippen LogP) is -0.533. The van der Waals surface area contributed by atoms with Crippen LogP contribution in [0.15, 0.2) is 0 Å². The van der Waals surface area contributed by atoms with Gasteiger partial charge in [-0.3, -0.25) is 9.59 Å². The van der Waals surface area contributed by atoms with Crippen molar-refractivity contribution in [1.82, 2.24) is 0 Å². The lowest BCUT2D eigenvalue weighted by molar-refractivity contribution is -0.145. The largest absolute Gasteiger partial charge is 0.458 e. The van der Waals surface area contributed by atoms with Crippen LogP contribution in [0.4, 0.5) is 0 Å². The summed E-state index contributed by atoms with van der Waals surface area (Å²) in [5, 5.41) is 0. The zero-order valence-electron chi connectivity index (χ0n) is 5.71. The molecular weight excluding hydrogens is 134 g/mol. The number of hydrogen-bond donors (Lipinski definition) is 1. The van der Waals surface area contributed by atoms with Gasteiger partial charge < -0.3 is 10.5 Å². The van der Waals surface area contributed by atoms with Gasteiger partial charge >= 0.3 is 5.97 Å². The van der Waals surface area contributed by atoms with Crippen LogP contribution in [0.3, 0.4) is 0 Å². The highest BCUT2D eigenvalue weighted by molar-refractivity contribution is 5.71. The number of hydrogen-bond acceptors (Lipinski definition) is 4. The van der Waals surface area contributed by atoms with E-state index in [1.807, 2.05) is 0 Å². The van der Waals surface area contributed by atoms with Crippen LogP contribution in [0.5, 0.6) is 0 Å². The Morgan fingerprint density at radius 3 is 2.80 bits per heavy atom. The number of carbonyl (C=O) groups is 2. The van der Waals surface area contributed by atoms with Gasteiger partial charge in [-0.1, -0.05) is 0 Å². The first-order valence-electron chi connectivity index (χ1n) is 3.10. The molecule has 0 radical (unpaired) electrons. The van der Waals surface area contributed by atoms with E-state index in [0.717, 1.165) is 0 Å². The molecule has 58 valence electrons. The average molecular weight is 145 g/mol. The molecule has 0 rings (SSSR count). The molecule has 0 unspecified atom stereocenters. The van der Waals surface area contributed by atoms with Gasteiger partial charge in [0.25, 0.3) is 0 Å². The van der Waals surface area contributed by atoms with Crippen LogP contribution < -0.4 is 5.73 Å². The molecule has 0 saturated heterocycles. The molecule has 0 saturated carbocycles. The summed E-state index contributed by atoms with van der Waals surface area (Å²) in [6, 6.07) is 0. The monoisotopic (exact) mass is 145 g/mol. The summed E-state index contributed by atoms with van der Waals surface area (Å²) < 4.78 is 4.43. The molecule has 0 aliphatic heterocycles. The van der Waals surface area contributed by atoms with Gasteiger partial charge in [0.2, 0.25) is 0 Å². The van der Waals surface area contributed by atoms with E-state index in [1.165, 1.54) is 0 Å². The van der Waals surface area contributed by atoms with E-state index in [2.05, 4.69) is 4.74 Å². The summed E-state index contributed by atoms with van der Waals surface area (Å²) >= 11 is 0. The fourth-order valence-corrected chi connectivity index (χ4v) is 0.446. The van der Waals surface area contributed by atoms with Crippen LogP contribution in [0.25, 0.3) is 0 Å². The Morgan fingerprint density at radius 2 is 2.30 bits per heavy atom. The minimum Gasteiger partial charge on any atom is -0.458 e. The van der Waals surface area contributed by atoms with Gasteiger partial charge in [0.15, 0.2) is 6.29 Å². The molecule has 0 aromatic rings. The van der Waals surface area contributed by atoms with Gasteiger partial charge in [0.05, 0.1) is 0 Å². The Labute approximate surface area is 59.3 Å². The van der Waals surface area contributed by atoms with Gasteiger partial charge in [0.1, 0.15) is 6.61 Å². The minimum atomic E-state index is -0.363. The molecule has 0 aromatic heterocycles. The first-order chi connectivity index (χ1) is 4.81. The number of aldehydes is 1. The maximum absolute atomic E-state index is 10.5. The van der Waals surface area contributed by atoms with Crippen molar-refractivity contribution in [1.29, 1.82) is 0 Å². The van der Waals surface area contributed by atoms with Crippen molar-refractivity contribution in [3.63, 3.8) is 0 Å². The zero-order valence-corrected chi connectivity index (χ0v) is 5.71. The Kier molecular flexibility index (Phi) is 5.66. The molecule has 0 atom stereocenters. The number of esters is 1. The van der Waals surface area contributed by atoms with Crippen LogP contribution in [0, 0.1) is 0 Å². The first-order valence-corrected chi connectivity index (χ1v) is 3.10. The Morgan fingerprint density at radius 1 is 1.60 bits per heavy atom. The van der Waals surface area contributed by atoms with Gasteiger partial charge in [0, 0.05) is 6.42 Å². The minimum absolute atomic E-state index is 0.149. The van der Waals surface area contributed by atoms with Crippen molar-refractivity contribution < 1.29 is 14.3 Å². The van der Waals surface area contributed by atoms with Crippen LogP contribution in [0.1, 0.15) is 12.8 Å². The van der Waals surface area contributed by atoms with E-state index in [0.29, 0.717) is 25.7 Å². The first kappa shape index (κ1) is 9.10. The van der Waals surface area contributed by atoms with Crippen LogP contribution >= 0.6 is 0 Å². The van der Waals surface area contributed by atoms with Crippen molar-refractivity contribution >= 4 is 12.3 Å². The van der Waals surface area contributed by atoms with E-state index >= 15 is 0 Å². The highest BCUT2D eigenvalue weighted by atomic mass is 16.5. The second-order valence-corrected chi connectivity index (χ2v) is 1.74. The molecule has 0 aliphatic carbocycles. The van der Waals surface area contributed by atoms with Gasteiger partial charge in [-0.25, -0.2) is 0 Å². The second-order valence-electron chi connectivity index (χ2n) is 1.74. The van der Waals surface area contributed by atoms with Gasteiger partial charge in [-0.05, 0) is 13.0 Å². The van der Waals surface area contributed by atoms with E-state index in [4.69, 9.17) is 5.73 Å². The summed E-state index contributed by atoms with van der Waals surface area (Å²) in [6.45, 7) is 0.319. The molecule has 0 aromatic carbocycles. The summed E-state index contributed by atoms with van der Waals surface area (Å²) in [6.07, 6.45) is 1.45. The topological polar surface area (TPSA) is 69.4 Å². The van der Waals surface area contributed by atoms with E-state index in [9.17, 15) is 9.59 Å². The number of nitrogens with two attached hydrogens (primary N) is 1. The summed E-state index contributed by atoms with van der Waals surface area (Å²) in [5.41, 5.74) is 5.13. The maximum Gasteiger partial charge on any atom is 0.306 e. The number of ether oxygens (including phenoxy) is 1. The molecule has 4 nitrogen and oxygen atoms in total. The van der Waals surface area contributed by atoms with Gasteiger partial charge in [-0.2, -0.15) is 0 Å². The fourth-order valence-electron chi connectivity index (χ4n) is 0.446. The standard InChI is InChI=1S/C6H11NO3/c7-3-1-2-6(9)10-5-4-8/h4H,1-3,5,7H2. The molecule has 2 N–H and O–H groups in total. The third-order valence-electron chi connectivity index (χ3n) is 0.897. The molecule has 4 heteroatoms. The Hall–Kier alpha value is -0.900. The summed E-state index contributed by atoms with van der Waals surface area (Å²) in [4.78, 5) is 20.2. The third-order valence-corrected chi connectivity index (χ3v) is 0.897. The average Bonchev–Trinajstić information content (AvgIpc) is 1.97. The Balaban J connectivity index is 3.16. The summed E-state index contributed by atoms with van der Waals surface area (Å²) in [7, 11) is 0. The van der Waals surface area contributed by atoms with Crippen molar-refractivity contribution in [2.24, 2.45) is 5.73 Å². The third kappa shape index (κ3) is 5.24. The molecule has 0 bridgehead atoms. The molecule has 0 spiro atoms. The van der Waals surface area contributed by atoms with Crippen molar-refractivity contribution in [3.05, 3.63) is 0 Å². The van der Waals surface area contributed by atoms with Crippen molar-refractivity contribution in [2.75, 3.05) is 13.2 Å². The second kappa shape index (κ2) is 6.22. The lowest BCUT2D eigenvalue weighted by Gasteiger charge is -1.97. The van der Waals surface area contributed by atoms with Crippen molar-refractivity contribution in [2.45, 2.75) is 12.8 Å². The van der Waals surface area contributed by atoms with Crippen LogP contribution in [-0.2, 0) is 14.3 Å². The number of carbonyl (C=O) groups excluding carboxylic acids is 2. The van der Waals surface area contributed by atoms with Crippen LogP contribution in [-0.4, -0.2) is 25.4 Å². The van der Waals surface area contributed by atoms with E-state index in [-0.39, 0.29) is 12.6 Å². The Bertz CT molecular complexity index is 114. The quantitative estimate of drug-likeness (QED) is 0.417. The zero-order chi connectivity index (χ0) is 7.82. The molecule has 0 heterocycles. The lowest BCUT2D eigenvalue weighted by atomic mass is 10.3. The summed E-state index contributed by atoms with van der Waals surface area (Å²) in [5.74, 6) is -0.363. The SMILES string of the molecule is NCCCC(=O)OCC=O. The van der Waals surface area contributed by atoms with E-state index in [1.54, 1.807) is 0 Å². The lowest BCUT2D eigenvalue weighted by Crippen LogP contribution is -2.09.